The van der Waals surface area contributed by atoms with E-state index in [9.17, 15) is 9.59 Å². The van der Waals surface area contributed by atoms with Gasteiger partial charge in [0.15, 0.2) is 0 Å². The van der Waals surface area contributed by atoms with Crippen LogP contribution in [0.1, 0.15) is 24.0 Å². The second kappa shape index (κ2) is 8.29. The van der Waals surface area contributed by atoms with Gasteiger partial charge in [-0.2, -0.15) is 0 Å². The van der Waals surface area contributed by atoms with E-state index in [0.717, 1.165) is 27.9 Å². The van der Waals surface area contributed by atoms with Crippen molar-refractivity contribution in [3.8, 4) is 11.1 Å². The molecule has 0 saturated heterocycles. The number of carbonyl (C=O) groups excluding carboxylic acids is 2. The summed E-state index contributed by atoms with van der Waals surface area (Å²) in [5.41, 5.74) is 5.97. The zero-order valence-corrected chi connectivity index (χ0v) is 14.8. The van der Waals surface area contributed by atoms with Gasteiger partial charge in [0.1, 0.15) is 0 Å². The molecule has 0 fully saturated rings. The number of hydroxylamine groups is 1. The summed E-state index contributed by atoms with van der Waals surface area (Å²) < 4.78 is 0. The van der Waals surface area contributed by atoms with Gasteiger partial charge in [-0.05, 0) is 34.4 Å². The van der Waals surface area contributed by atoms with Gasteiger partial charge in [-0.15, -0.1) is 0 Å². The third-order valence-corrected chi connectivity index (χ3v) is 4.27. The zero-order valence-electron chi connectivity index (χ0n) is 14.8. The first-order chi connectivity index (χ1) is 13.1. The molecule has 1 unspecified atom stereocenters. The number of benzene rings is 3. The maximum Gasteiger partial charge on any atom is 0.255 e. The van der Waals surface area contributed by atoms with Crippen LogP contribution < -0.4 is 10.8 Å². The maximum atomic E-state index is 12.2. The fraction of sp³-hybridized carbons (Fsp3) is 0.0909. The molecule has 5 heteroatoms. The Morgan fingerprint density at radius 2 is 1.48 bits per heavy atom. The highest BCUT2D eigenvalue weighted by molar-refractivity contribution is 5.89. The van der Waals surface area contributed by atoms with Crippen molar-refractivity contribution in [3.63, 3.8) is 0 Å². The number of hydrogen-bond donors (Lipinski definition) is 3. The Bertz CT molecular complexity index is 937. The second-order valence-electron chi connectivity index (χ2n) is 6.20. The lowest BCUT2D eigenvalue weighted by Gasteiger charge is -2.16. The molecule has 0 aliphatic rings. The second-order valence-corrected chi connectivity index (χ2v) is 6.20. The van der Waals surface area contributed by atoms with Crippen molar-refractivity contribution < 1.29 is 14.8 Å². The van der Waals surface area contributed by atoms with Crippen LogP contribution in [0.25, 0.3) is 11.1 Å². The summed E-state index contributed by atoms with van der Waals surface area (Å²) >= 11 is 0. The first-order valence-corrected chi connectivity index (χ1v) is 8.55. The average Bonchev–Trinajstić information content (AvgIpc) is 2.69. The molecule has 3 rings (SSSR count). The van der Waals surface area contributed by atoms with E-state index in [0.29, 0.717) is 0 Å². The van der Waals surface area contributed by atoms with E-state index < -0.39 is 11.8 Å². The average molecular weight is 360 g/mol. The van der Waals surface area contributed by atoms with Crippen LogP contribution in [-0.2, 0) is 9.59 Å². The number of amides is 2. The van der Waals surface area contributed by atoms with Gasteiger partial charge >= 0.3 is 0 Å². The fourth-order valence-electron chi connectivity index (χ4n) is 3.05. The molecule has 0 aliphatic heterocycles. The summed E-state index contributed by atoms with van der Waals surface area (Å²) in [5.74, 6) is -1.21. The fourth-order valence-corrected chi connectivity index (χ4v) is 3.05. The van der Waals surface area contributed by atoms with Crippen LogP contribution in [0.5, 0.6) is 0 Å². The lowest BCUT2D eigenvalue weighted by molar-refractivity contribution is -0.129. The molecule has 0 bridgehead atoms. The summed E-state index contributed by atoms with van der Waals surface area (Å²) in [6.07, 6.45) is 0. The normalized spacial score (nSPS) is 11.5. The van der Waals surface area contributed by atoms with Crippen molar-refractivity contribution in [2.75, 3.05) is 5.32 Å². The van der Waals surface area contributed by atoms with Crippen molar-refractivity contribution in [3.05, 3.63) is 90.0 Å². The predicted molar refractivity (Wildman–Crippen MR) is 104 cm³/mol. The van der Waals surface area contributed by atoms with Crippen LogP contribution in [0.15, 0.2) is 78.9 Å². The molecule has 136 valence electrons. The molecule has 27 heavy (non-hydrogen) atoms. The summed E-state index contributed by atoms with van der Waals surface area (Å²) in [6, 6.07) is 24.4. The predicted octanol–water partition coefficient (Wildman–Crippen LogP) is 3.95. The molecular formula is C22H20N2O3. The lowest BCUT2D eigenvalue weighted by atomic mass is 9.89. The van der Waals surface area contributed by atoms with Gasteiger partial charge in [0.05, 0.1) is 5.92 Å². The topological polar surface area (TPSA) is 78.4 Å². The highest BCUT2D eigenvalue weighted by atomic mass is 16.5. The Morgan fingerprint density at radius 1 is 0.815 bits per heavy atom. The maximum absolute atomic E-state index is 12.2. The van der Waals surface area contributed by atoms with E-state index in [1.165, 1.54) is 6.92 Å². The van der Waals surface area contributed by atoms with Crippen molar-refractivity contribution in [2.24, 2.45) is 0 Å². The highest BCUT2D eigenvalue weighted by Crippen LogP contribution is 2.28. The monoisotopic (exact) mass is 360 g/mol. The van der Waals surface area contributed by atoms with Gasteiger partial charge in [-0.3, -0.25) is 14.8 Å². The molecule has 0 saturated carbocycles. The highest BCUT2D eigenvalue weighted by Gasteiger charge is 2.22. The molecule has 0 heterocycles. The third kappa shape index (κ3) is 4.40. The van der Waals surface area contributed by atoms with Crippen LogP contribution >= 0.6 is 0 Å². The van der Waals surface area contributed by atoms with Crippen LogP contribution in [-0.4, -0.2) is 17.0 Å². The molecule has 3 N–H and O–H groups in total. The van der Waals surface area contributed by atoms with Crippen molar-refractivity contribution in [2.45, 2.75) is 12.8 Å². The Labute approximate surface area is 157 Å². The van der Waals surface area contributed by atoms with Gasteiger partial charge in [-0.25, -0.2) is 5.48 Å². The summed E-state index contributed by atoms with van der Waals surface area (Å²) in [4.78, 5) is 23.5. The SMILES string of the molecule is CC(=O)Nc1cccc(-c2ccc(C(C(=O)NO)c3ccccc3)cc2)c1. The standard InChI is InChI=1S/C22H20N2O3/c1-15(25)23-20-9-5-8-19(14-20)16-10-12-18(13-11-16)21(22(26)24-27)17-6-3-2-4-7-17/h2-14,21,27H,1H3,(H,23,25)(H,24,26). The minimum Gasteiger partial charge on any atom is -0.326 e. The van der Waals surface area contributed by atoms with Gasteiger partial charge in [0.25, 0.3) is 5.91 Å². The molecular weight excluding hydrogens is 340 g/mol. The van der Waals surface area contributed by atoms with Crippen LogP contribution in [0.4, 0.5) is 5.69 Å². The van der Waals surface area contributed by atoms with E-state index in [-0.39, 0.29) is 5.91 Å². The van der Waals surface area contributed by atoms with Crippen LogP contribution in [0.3, 0.4) is 0 Å². The van der Waals surface area contributed by atoms with Gasteiger partial charge in [-0.1, -0.05) is 66.7 Å². The van der Waals surface area contributed by atoms with Crippen molar-refractivity contribution in [1.82, 2.24) is 5.48 Å². The number of carbonyl (C=O) groups is 2. The third-order valence-electron chi connectivity index (χ3n) is 4.27. The van der Waals surface area contributed by atoms with Crippen LogP contribution in [0.2, 0.25) is 0 Å². The molecule has 2 amide bonds. The summed E-state index contributed by atoms with van der Waals surface area (Å²) in [5, 5.41) is 11.9. The smallest absolute Gasteiger partial charge is 0.255 e. The van der Waals surface area contributed by atoms with E-state index in [2.05, 4.69) is 5.32 Å². The summed E-state index contributed by atoms with van der Waals surface area (Å²) in [7, 11) is 0. The Balaban J connectivity index is 1.92. The van der Waals surface area contributed by atoms with Crippen LogP contribution in [0, 0.1) is 0 Å². The Morgan fingerprint density at radius 3 is 2.11 bits per heavy atom. The van der Waals surface area contributed by atoms with E-state index >= 15 is 0 Å². The minimum absolute atomic E-state index is 0.122. The summed E-state index contributed by atoms with van der Waals surface area (Å²) in [6.45, 7) is 1.47. The molecule has 0 aromatic heterocycles. The van der Waals surface area contributed by atoms with Gasteiger partial charge in [0.2, 0.25) is 5.91 Å². The largest absolute Gasteiger partial charge is 0.326 e. The molecule has 0 radical (unpaired) electrons. The van der Waals surface area contributed by atoms with Crippen molar-refractivity contribution in [1.29, 1.82) is 0 Å². The van der Waals surface area contributed by atoms with E-state index in [1.54, 1.807) is 5.48 Å². The first-order valence-electron chi connectivity index (χ1n) is 8.55. The van der Waals surface area contributed by atoms with Crippen molar-refractivity contribution >= 4 is 17.5 Å². The van der Waals surface area contributed by atoms with E-state index in [1.807, 2.05) is 78.9 Å². The molecule has 5 nitrogen and oxygen atoms in total. The molecule has 3 aromatic rings. The Kier molecular flexibility index (Phi) is 5.64. The number of rotatable bonds is 5. The zero-order chi connectivity index (χ0) is 19.2. The number of anilines is 1. The lowest BCUT2D eigenvalue weighted by Crippen LogP contribution is -2.27. The molecule has 0 spiro atoms. The Hall–Kier alpha value is -3.44. The first kappa shape index (κ1) is 18.4. The minimum atomic E-state index is -0.601. The van der Waals surface area contributed by atoms with Gasteiger partial charge < -0.3 is 5.32 Å². The molecule has 0 aliphatic carbocycles. The molecule has 3 aromatic carbocycles. The molecule has 1 atom stereocenters. The quantitative estimate of drug-likeness (QED) is 0.476. The van der Waals surface area contributed by atoms with Gasteiger partial charge in [0, 0.05) is 12.6 Å². The number of nitrogens with one attached hydrogen (secondary N) is 2. The van der Waals surface area contributed by atoms with E-state index in [4.69, 9.17) is 5.21 Å². The number of hydrogen-bond acceptors (Lipinski definition) is 3.